The SMILES string of the molecule is COC1CN(c2cccc(O)c2)CCO1. The lowest BCUT2D eigenvalue weighted by Crippen LogP contribution is -2.43. The van der Waals surface area contributed by atoms with Crippen molar-refractivity contribution < 1.29 is 14.6 Å². The molecule has 1 fully saturated rings. The van der Waals surface area contributed by atoms with Crippen molar-refractivity contribution in [3.05, 3.63) is 24.3 Å². The normalized spacial score (nSPS) is 21.7. The summed E-state index contributed by atoms with van der Waals surface area (Å²) in [4.78, 5) is 2.14. The third-order valence-electron chi connectivity index (χ3n) is 2.49. The summed E-state index contributed by atoms with van der Waals surface area (Å²) in [5.74, 6) is 0.285. The van der Waals surface area contributed by atoms with Crippen molar-refractivity contribution in [1.82, 2.24) is 0 Å². The fourth-order valence-electron chi connectivity index (χ4n) is 1.69. The monoisotopic (exact) mass is 209 g/mol. The molecule has 0 aromatic heterocycles. The van der Waals surface area contributed by atoms with E-state index in [2.05, 4.69) is 4.90 Å². The van der Waals surface area contributed by atoms with Gasteiger partial charge in [-0.3, -0.25) is 0 Å². The maximum absolute atomic E-state index is 9.38. The van der Waals surface area contributed by atoms with Crippen LogP contribution in [0.3, 0.4) is 0 Å². The van der Waals surface area contributed by atoms with E-state index in [4.69, 9.17) is 9.47 Å². The van der Waals surface area contributed by atoms with E-state index >= 15 is 0 Å². The Hall–Kier alpha value is -1.26. The Kier molecular flexibility index (Phi) is 3.08. The molecule has 0 spiro atoms. The molecule has 1 aliphatic rings. The van der Waals surface area contributed by atoms with Gasteiger partial charge in [0.25, 0.3) is 0 Å². The van der Waals surface area contributed by atoms with Gasteiger partial charge in [-0.15, -0.1) is 0 Å². The Morgan fingerprint density at radius 2 is 2.40 bits per heavy atom. The highest BCUT2D eigenvalue weighted by Crippen LogP contribution is 2.22. The number of ether oxygens (including phenoxy) is 2. The highest BCUT2D eigenvalue weighted by molar-refractivity contribution is 5.50. The summed E-state index contributed by atoms with van der Waals surface area (Å²) >= 11 is 0. The topological polar surface area (TPSA) is 41.9 Å². The standard InChI is InChI=1S/C11H15NO3/c1-14-11-8-12(5-6-15-11)9-3-2-4-10(13)7-9/h2-4,7,11,13H,5-6,8H2,1H3. The van der Waals surface area contributed by atoms with Gasteiger partial charge in [0.05, 0.1) is 13.2 Å². The fraction of sp³-hybridized carbons (Fsp3) is 0.455. The molecule has 1 atom stereocenters. The Morgan fingerprint density at radius 3 is 3.13 bits per heavy atom. The van der Waals surface area contributed by atoms with E-state index in [1.54, 1.807) is 19.2 Å². The number of rotatable bonds is 2. The van der Waals surface area contributed by atoms with Crippen LogP contribution < -0.4 is 4.90 Å². The van der Waals surface area contributed by atoms with Crippen molar-refractivity contribution in [2.24, 2.45) is 0 Å². The zero-order valence-corrected chi connectivity index (χ0v) is 8.72. The second-order valence-electron chi connectivity index (χ2n) is 3.50. The third kappa shape index (κ3) is 2.40. The average Bonchev–Trinajstić information content (AvgIpc) is 2.29. The number of anilines is 1. The molecule has 15 heavy (non-hydrogen) atoms. The van der Waals surface area contributed by atoms with Crippen LogP contribution in [0, 0.1) is 0 Å². The summed E-state index contributed by atoms with van der Waals surface area (Å²) in [7, 11) is 1.64. The second-order valence-corrected chi connectivity index (χ2v) is 3.50. The number of aromatic hydroxyl groups is 1. The molecule has 1 saturated heterocycles. The molecule has 0 saturated carbocycles. The van der Waals surface area contributed by atoms with E-state index in [1.165, 1.54) is 0 Å². The number of benzene rings is 1. The third-order valence-corrected chi connectivity index (χ3v) is 2.49. The van der Waals surface area contributed by atoms with Crippen molar-refractivity contribution in [3.63, 3.8) is 0 Å². The van der Waals surface area contributed by atoms with Crippen LogP contribution in [0.15, 0.2) is 24.3 Å². The van der Waals surface area contributed by atoms with E-state index in [0.717, 1.165) is 12.2 Å². The van der Waals surface area contributed by atoms with Gasteiger partial charge in [-0.25, -0.2) is 0 Å². The minimum Gasteiger partial charge on any atom is -0.508 e. The molecule has 0 amide bonds. The number of methoxy groups -OCH3 is 1. The molecule has 0 radical (unpaired) electrons. The number of phenolic OH excluding ortho intramolecular Hbond substituents is 1. The number of hydrogen-bond donors (Lipinski definition) is 1. The smallest absolute Gasteiger partial charge is 0.174 e. The van der Waals surface area contributed by atoms with E-state index < -0.39 is 0 Å². The van der Waals surface area contributed by atoms with Crippen LogP contribution in [-0.4, -0.2) is 38.2 Å². The van der Waals surface area contributed by atoms with E-state index in [9.17, 15) is 5.11 Å². The van der Waals surface area contributed by atoms with Crippen LogP contribution in [-0.2, 0) is 9.47 Å². The number of hydrogen-bond acceptors (Lipinski definition) is 4. The average molecular weight is 209 g/mol. The highest BCUT2D eigenvalue weighted by atomic mass is 16.7. The van der Waals surface area contributed by atoms with Gasteiger partial charge in [-0.2, -0.15) is 0 Å². The van der Waals surface area contributed by atoms with Gasteiger partial charge in [0.2, 0.25) is 0 Å². The summed E-state index contributed by atoms with van der Waals surface area (Å²) < 4.78 is 10.5. The van der Waals surface area contributed by atoms with Crippen molar-refractivity contribution >= 4 is 5.69 Å². The van der Waals surface area contributed by atoms with Gasteiger partial charge in [0.15, 0.2) is 6.29 Å². The molecule has 82 valence electrons. The van der Waals surface area contributed by atoms with Gasteiger partial charge < -0.3 is 19.5 Å². The molecule has 4 heteroatoms. The maximum atomic E-state index is 9.38. The van der Waals surface area contributed by atoms with E-state index in [-0.39, 0.29) is 12.0 Å². The van der Waals surface area contributed by atoms with Gasteiger partial charge in [0, 0.05) is 25.4 Å². The number of morpholine rings is 1. The van der Waals surface area contributed by atoms with Crippen molar-refractivity contribution in [3.8, 4) is 5.75 Å². The van der Waals surface area contributed by atoms with Gasteiger partial charge >= 0.3 is 0 Å². The molecule has 1 N–H and O–H groups in total. The largest absolute Gasteiger partial charge is 0.508 e. The molecule has 1 aromatic carbocycles. The van der Waals surface area contributed by atoms with Gasteiger partial charge in [-0.1, -0.05) is 6.07 Å². The van der Waals surface area contributed by atoms with Crippen molar-refractivity contribution in [1.29, 1.82) is 0 Å². The van der Waals surface area contributed by atoms with Crippen LogP contribution in [0.25, 0.3) is 0 Å². The zero-order valence-electron chi connectivity index (χ0n) is 8.72. The first-order valence-electron chi connectivity index (χ1n) is 4.98. The molecule has 2 rings (SSSR count). The predicted octanol–water partition coefficient (Wildman–Crippen LogP) is 1.20. The van der Waals surface area contributed by atoms with Crippen LogP contribution in [0.5, 0.6) is 5.75 Å². The first-order chi connectivity index (χ1) is 7.29. The quantitative estimate of drug-likeness (QED) is 0.794. The predicted molar refractivity (Wildman–Crippen MR) is 57.1 cm³/mol. The Bertz CT molecular complexity index is 329. The summed E-state index contributed by atoms with van der Waals surface area (Å²) in [6.07, 6.45) is -0.180. The molecular weight excluding hydrogens is 194 g/mol. The summed E-state index contributed by atoms with van der Waals surface area (Å²) in [5.41, 5.74) is 1.00. The first-order valence-corrected chi connectivity index (χ1v) is 4.98. The fourth-order valence-corrected chi connectivity index (χ4v) is 1.69. The van der Waals surface area contributed by atoms with E-state index in [0.29, 0.717) is 13.2 Å². The summed E-state index contributed by atoms with van der Waals surface area (Å²) in [6, 6.07) is 7.22. The molecule has 4 nitrogen and oxygen atoms in total. The summed E-state index contributed by atoms with van der Waals surface area (Å²) in [5, 5.41) is 9.38. The molecule has 1 aromatic rings. The molecule has 0 bridgehead atoms. The van der Waals surface area contributed by atoms with Gasteiger partial charge in [0.1, 0.15) is 5.75 Å². The molecular formula is C11H15NO3. The Labute approximate surface area is 89.0 Å². The van der Waals surface area contributed by atoms with Gasteiger partial charge in [-0.05, 0) is 12.1 Å². The number of nitrogens with zero attached hydrogens (tertiary/aromatic N) is 1. The van der Waals surface area contributed by atoms with Crippen LogP contribution in [0.4, 0.5) is 5.69 Å². The second kappa shape index (κ2) is 4.51. The first kappa shape index (κ1) is 10.3. The van der Waals surface area contributed by atoms with Crippen LogP contribution in [0.2, 0.25) is 0 Å². The molecule has 1 aliphatic heterocycles. The Balaban J connectivity index is 2.09. The minimum absolute atomic E-state index is 0.180. The summed E-state index contributed by atoms with van der Waals surface area (Å²) in [6.45, 7) is 2.16. The highest BCUT2D eigenvalue weighted by Gasteiger charge is 2.19. The van der Waals surface area contributed by atoms with Crippen molar-refractivity contribution in [2.45, 2.75) is 6.29 Å². The lowest BCUT2D eigenvalue weighted by molar-refractivity contribution is -0.128. The lowest BCUT2D eigenvalue weighted by Gasteiger charge is -2.33. The zero-order chi connectivity index (χ0) is 10.7. The lowest BCUT2D eigenvalue weighted by atomic mass is 10.2. The molecule has 1 unspecified atom stereocenters. The van der Waals surface area contributed by atoms with E-state index in [1.807, 2.05) is 12.1 Å². The van der Waals surface area contributed by atoms with Crippen LogP contribution >= 0.6 is 0 Å². The molecule has 0 aliphatic carbocycles. The minimum atomic E-state index is -0.180. The van der Waals surface area contributed by atoms with Crippen LogP contribution in [0.1, 0.15) is 0 Å². The maximum Gasteiger partial charge on any atom is 0.174 e. The number of phenols is 1. The Morgan fingerprint density at radius 1 is 1.53 bits per heavy atom. The van der Waals surface area contributed by atoms with Crippen molar-refractivity contribution in [2.75, 3.05) is 31.7 Å². The molecule has 1 heterocycles.